The van der Waals surface area contributed by atoms with E-state index in [1.807, 2.05) is 7.05 Å². The first-order valence-corrected chi connectivity index (χ1v) is 12.2. The fraction of sp³-hybridized carbons (Fsp3) is 0.269. The van der Waals surface area contributed by atoms with Crippen LogP contribution in [0.4, 0.5) is 11.4 Å². The summed E-state index contributed by atoms with van der Waals surface area (Å²) in [6.07, 6.45) is 4.32. The highest BCUT2D eigenvalue weighted by Crippen LogP contribution is 2.33. The van der Waals surface area contributed by atoms with Gasteiger partial charge in [-0.1, -0.05) is 18.2 Å². The Hall–Kier alpha value is -3.92. The van der Waals surface area contributed by atoms with Crippen LogP contribution in [0.3, 0.4) is 0 Å². The number of thioether (sulfide) groups is 1. The molecule has 9 nitrogen and oxygen atoms in total. The standard InChI is InChI=1S/C16H18N4O4S.C10H13N/c1-9(17)13(7-21)20-19-12-6-4-5-11(15(12)22)8-25-10(2)14(18-3)16(23)24;1-11-10-6-5-8-3-2-4-9(8)7-10/h4-7,17,19,22H,3,8H2,1-2H3,(H,23,24);5-7,11H,2-4H2,1H3/b14-10-,17-9?,20-13+;. The molecule has 10 heteroatoms. The Morgan fingerprint density at radius 3 is 2.56 bits per heavy atom. The van der Waals surface area contributed by atoms with E-state index < -0.39 is 5.97 Å². The molecule has 0 saturated carbocycles. The van der Waals surface area contributed by atoms with Gasteiger partial charge in [-0.3, -0.25) is 15.2 Å². The van der Waals surface area contributed by atoms with Crippen molar-refractivity contribution in [2.45, 2.75) is 38.9 Å². The molecule has 5 N–H and O–H groups in total. The molecule has 0 fully saturated rings. The minimum absolute atomic E-state index is 0.00686. The van der Waals surface area contributed by atoms with Gasteiger partial charge in [-0.2, -0.15) is 5.10 Å². The number of aldehydes is 1. The van der Waals surface area contributed by atoms with Crippen molar-refractivity contribution in [2.75, 3.05) is 17.8 Å². The number of hydrogen-bond acceptors (Lipinski definition) is 9. The smallest absolute Gasteiger partial charge is 0.355 e. The van der Waals surface area contributed by atoms with Gasteiger partial charge >= 0.3 is 5.97 Å². The zero-order chi connectivity index (χ0) is 26.7. The third-order valence-corrected chi connectivity index (χ3v) is 6.52. The highest BCUT2D eigenvalue weighted by molar-refractivity contribution is 8.02. The van der Waals surface area contributed by atoms with Gasteiger partial charge in [-0.25, -0.2) is 4.79 Å². The Kier molecular flexibility index (Phi) is 10.9. The SMILES string of the molecule is C=N/C(C(=O)O)=C(/C)SCc1cccc(N/N=C(\C=O)C(C)=N)c1O.CNc1ccc2c(c1)CCC2. The number of nitrogens with zero attached hydrogens (tertiary/aromatic N) is 2. The average Bonchev–Trinajstić information content (AvgIpc) is 3.33. The number of nitrogens with one attached hydrogen (secondary N) is 3. The number of carbonyl (C=O) groups excluding carboxylic acids is 1. The van der Waals surface area contributed by atoms with Crippen LogP contribution >= 0.6 is 11.8 Å². The number of anilines is 2. The van der Waals surface area contributed by atoms with Crippen molar-refractivity contribution in [3.8, 4) is 5.75 Å². The van der Waals surface area contributed by atoms with Crippen LogP contribution < -0.4 is 10.7 Å². The van der Waals surface area contributed by atoms with Crippen molar-refractivity contribution in [1.82, 2.24) is 0 Å². The molecule has 2 aromatic carbocycles. The van der Waals surface area contributed by atoms with Crippen LogP contribution in [0.5, 0.6) is 5.75 Å². The normalized spacial score (nSPS) is 12.9. The molecule has 1 aliphatic carbocycles. The summed E-state index contributed by atoms with van der Waals surface area (Å²) in [7, 11) is 1.97. The molecule has 0 unspecified atom stereocenters. The second kappa shape index (κ2) is 13.8. The lowest BCUT2D eigenvalue weighted by molar-refractivity contribution is -0.132. The number of allylic oxidation sites excluding steroid dienone is 1. The number of para-hydroxylation sites is 1. The predicted molar refractivity (Wildman–Crippen MR) is 148 cm³/mol. The number of aliphatic imine (C=N–C) groups is 1. The summed E-state index contributed by atoms with van der Waals surface area (Å²) in [5, 5.41) is 33.6. The Morgan fingerprint density at radius 1 is 1.22 bits per heavy atom. The highest BCUT2D eigenvalue weighted by atomic mass is 32.2. The van der Waals surface area contributed by atoms with Crippen molar-refractivity contribution in [2.24, 2.45) is 10.1 Å². The van der Waals surface area contributed by atoms with Crippen molar-refractivity contribution in [3.63, 3.8) is 0 Å². The lowest BCUT2D eigenvalue weighted by Crippen LogP contribution is -2.12. The molecule has 0 heterocycles. The van der Waals surface area contributed by atoms with Gasteiger partial charge in [0.2, 0.25) is 0 Å². The van der Waals surface area contributed by atoms with E-state index in [9.17, 15) is 14.7 Å². The average molecular weight is 510 g/mol. The monoisotopic (exact) mass is 509 g/mol. The second-order valence-corrected chi connectivity index (χ2v) is 9.10. The minimum Gasteiger partial charge on any atom is -0.505 e. The van der Waals surface area contributed by atoms with E-state index >= 15 is 0 Å². The summed E-state index contributed by atoms with van der Waals surface area (Å²) in [5.41, 5.74) is 7.45. The second-order valence-electron chi connectivity index (χ2n) is 7.91. The first-order chi connectivity index (χ1) is 17.2. The molecule has 0 aromatic heterocycles. The number of carbonyl (C=O) groups is 2. The van der Waals surface area contributed by atoms with Gasteiger partial charge in [0.05, 0.1) is 11.4 Å². The van der Waals surface area contributed by atoms with Gasteiger partial charge in [0.25, 0.3) is 0 Å². The fourth-order valence-electron chi connectivity index (χ4n) is 3.43. The molecule has 2 aromatic rings. The lowest BCUT2D eigenvalue weighted by atomic mass is 10.1. The van der Waals surface area contributed by atoms with E-state index in [1.165, 1.54) is 49.2 Å². The number of aromatic hydroxyl groups is 1. The number of phenols is 1. The molecule has 0 amide bonds. The minimum atomic E-state index is -1.17. The van der Waals surface area contributed by atoms with E-state index in [0.717, 1.165) is 0 Å². The fourth-order valence-corrected chi connectivity index (χ4v) is 4.32. The number of phenolic OH excluding ortho intramolecular Hbond substituents is 1. The maximum absolute atomic E-state index is 11.0. The highest BCUT2D eigenvalue weighted by Gasteiger charge is 2.13. The summed E-state index contributed by atoms with van der Waals surface area (Å²) in [6, 6.07) is 11.6. The third-order valence-electron chi connectivity index (χ3n) is 5.44. The zero-order valence-electron chi connectivity index (χ0n) is 20.6. The summed E-state index contributed by atoms with van der Waals surface area (Å²) in [4.78, 5) is 25.7. The number of hydrogen-bond donors (Lipinski definition) is 5. The number of benzene rings is 2. The molecule has 0 radical (unpaired) electrons. The Morgan fingerprint density at radius 2 is 1.94 bits per heavy atom. The van der Waals surface area contributed by atoms with Crippen molar-refractivity contribution >= 4 is 53.5 Å². The van der Waals surface area contributed by atoms with Crippen LogP contribution in [-0.2, 0) is 28.2 Å². The first kappa shape index (κ1) is 28.3. The van der Waals surface area contributed by atoms with Gasteiger partial charge in [-0.05, 0) is 69.2 Å². The van der Waals surface area contributed by atoms with Crippen LogP contribution in [0.25, 0.3) is 0 Å². The molecule has 0 aliphatic heterocycles. The zero-order valence-corrected chi connectivity index (χ0v) is 21.4. The third kappa shape index (κ3) is 7.81. The molecule has 1 aliphatic rings. The van der Waals surface area contributed by atoms with Crippen LogP contribution in [0, 0.1) is 5.41 Å². The summed E-state index contributed by atoms with van der Waals surface area (Å²) in [5.74, 6) is -0.951. The van der Waals surface area contributed by atoms with E-state index in [-0.39, 0.29) is 28.6 Å². The molecule has 36 heavy (non-hydrogen) atoms. The maximum atomic E-state index is 11.0. The van der Waals surface area contributed by atoms with Gasteiger partial charge < -0.3 is 20.9 Å². The van der Waals surface area contributed by atoms with Gasteiger partial charge in [0, 0.05) is 29.0 Å². The summed E-state index contributed by atoms with van der Waals surface area (Å²) >= 11 is 1.20. The molecule has 0 saturated heterocycles. The van der Waals surface area contributed by atoms with Crippen LogP contribution in [0.1, 0.15) is 37.0 Å². The number of carboxylic acids is 1. The van der Waals surface area contributed by atoms with E-state index in [4.69, 9.17) is 10.5 Å². The predicted octanol–water partition coefficient (Wildman–Crippen LogP) is 4.87. The van der Waals surface area contributed by atoms with Crippen molar-refractivity contribution in [1.29, 1.82) is 5.41 Å². The van der Waals surface area contributed by atoms with E-state index in [1.54, 1.807) is 30.7 Å². The Bertz CT molecular complexity index is 1210. The Balaban J connectivity index is 0.000000340. The molecule has 0 bridgehead atoms. The maximum Gasteiger partial charge on any atom is 0.355 e. The lowest BCUT2D eigenvalue weighted by Gasteiger charge is -2.10. The van der Waals surface area contributed by atoms with Gasteiger partial charge in [-0.15, -0.1) is 11.8 Å². The van der Waals surface area contributed by atoms with Gasteiger partial charge in [0.1, 0.15) is 11.5 Å². The molecule has 3 rings (SSSR count). The van der Waals surface area contributed by atoms with Crippen LogP contribution in [-0.4, -0.2) is 47.7 Å². The summed E-state index contributed by atoms with van der Waals surface area (Å²) in [6.45, 7) is 6.26. The number of aryl methyl sites for hydroxylation is 2. The number of rotatable bonds is 10. The van der Waals surface area contributed by atoms with Crippen LogP contribution in [0.15, 0.2) is 57.1 Å². The number of hydrazone groups is 1. The quantitative estimate of drug-likeness (QED) is 0.101. The molecule has 0 atom stereocenters. The van der Waals surface area contributed by atoms with E-state index in [0.29, 0.717) is 22.5 Å². The van der Waals surface area contributed by atoms with Gasteiger partial charge in [0.15, 0.2) is 12.0 Å². The largest absolute Gasteiger partial charge is 0.505 e. The number of carboxylic acid groups (broad SMARTS) is 1. The molecule has 190 valence electrons. The summed E-state index contributed by atoms with van der Waals surface area (Å²) < 4.78 is 0. The molecular formula is C26H31N5O4S. The topological polar surface area (TPSA) is 147 Å². The van der Waals surface area contributed by atoms with Crippen LogP contribution in [0.2, 0.25) is 0 Å². The number of fused-ring (bicyclic) bond motifs is 1. The van der Waals surface area contributed by atoms with E-state index in [2.05, 4.69) is 45.8 Å². The number of aliphatic carboxylic acids is 1. The van der Waals surface area contributed by atoms with Crippen molar-refractivity contribution in [3.05, 3.63) is 63.7 Å². The Labute approximate surface area is 214 Å². The molecule has 0 spiro atoms. The molecular weight excluding hydrogens is 478 g/mol. The van der Waals surface area contributed by atoms with Crippen molar-refractivity contribution < 1.29 is 19.8 Å². The first-order valence-electron chi connectivity index (χ1n) is 11.2.